The minimum atomic E-state index is 0.808. The number of benzene rings is 1. The molecule has 1 aliphatic rings. The van der Waals surface area contributed by atoms with E-state index in [1.54, 1.807) is 23.9 Å². The molecule has 116 valence electrons. The molecule has 3 aromatic rings. The Bertz CT molecular complexity index is 870. The summed E-state index contributed by atoms with van der Waals surface area (Å²) in [5.41, 5.74) is 5.56. The Morgan fingerprint density at radius 2 is 1.96 bits per heavy atom. The molecule has 0 aliphatic heterocycles. The number of aryl methyl sites for hydroxylation is 2. The van der Waals surface area contributed by atoms with E-state index < -0.39 is 0 Å². The zero-order valence-electron chi connectivity index (χ0n) is 12.4. The van der Waals surface area contributed by atoms with E-state index in [0.717, 1.165) is 38.9 Å². The van der Waals surface area contributed by atoms with E-state index in [1.165, 1.54) is 23.3 Å². The lowest BCUT2D eigenvalue weighted by atomic mass is 9.97. The number of hydrogen-bond acceptors (Lipinski definition) is 5. The Labute approximate surface area is 146 Å². The first-order valence-electron chi connectivity index (χ1n) is 7.61. The smallest absolute Gasteiger partial charge is 0.158 e. The third-order valence-electron chi connectivity index (χ3n) is 4.01. The second-order valence-electron chi connectivity index (χ2n) is 5.53. The summed E-state index contributed by atoms with van der Waals surface area (Å²) in [6, 6.07) is 8.02. The predicted octanol–water partition coefficient (Wildman–Crippen LogP) is 4.78. The number of fused-ring (bicyclic) bond motifs is 3. The standard InChI is InChI=1S/C17H15BrN4S/c18-12-7-5-11(6-8-12)9-21-22-16-15-13-3-1-2-4-14(13)23-17(15)20-10-19-16/h5-10H,1-4H2,(H,19,20,22). The van der Waals surface area contributed by atoms with Crippen LogP contribution < -0.4 is 5.43 Å². The average Bonchev–Trinajstić information content (AvgIpc) is 2.96. The molecule has 0 spiro atoms. The number of thiophene rings is 1. The topological polar surface area (TPSA) is 50.2 Å². The fourth-order valence-corrected chi connectivity index (χ4v) is 4.39. The SMILES string of the molecule is Brc1ccc(C=NNc2ncnc3sc4c(c23)CCCC4)cc1. The normalized spacial score (nSPS) is 14.3. The lowest BCUT2D eigenvalue weighted by Gasteiger charge is -2.11. The molecular formula is C17H15BrN4S. The van der Waals surface area contributed by atoms with E-state index in [9.17, 15) is 0 Å². The number of nitrogens with zero attached hydrogens (tertiary/aromatic N) is 3. The number of hydrazone groups is 1. The van der Waals surface area contributed by atoms with Gasteiger partial charge in [-0.3, -0.25) is 5.43 Å². The molecule has 6 heteroatoms. The number of hydrogen-bond donors (Lipinski definition) is 1. The first-order chi connectivity index (χ1) is 11.3. The Hall–Kier alpha value is -1.79. The second kappa shape index (κ2) is 6.37. The van der Waals surface area contributed by atoms with Gasteiger partial charge in [0.15, 0.2) is 5.82 Å². The number of anilines is 1. The van der Waals surface area contributed by atoms with Crippen molar-refractivity contribution < 1.29 is 0 Å². The summed E-state index contributed by atoms with van der Waals surface area (Å²) in [6.07, 6.45) is 8.22. The van der Waals surface area contributed by atoms with Gasteiger partial charge in [-0.1, -0.05) is 28.1 Å². The van der Waals surface area contributed by atoms with Gasteiger partial charge in [0, 0.05) is 9.35 Å². The Balaban J connectivity index is 1.63. The lowest BCUT2D eigenvalue weighted by Crippen LogP contribution is -2.00. The van der Waals surface area contributed by atoms with E-state index in [2.05, 4.69) is 36.4 Å². The van der Waals surface area contributed by atoms with Crippen LogP contribution in [-0.4, -0.2) is 16.2 Å². The van der Waals surface area contributed by atoms with E-state index in [-0.39, 0.29) is 0 Å². The fourth-order valence-electron chi connectivity index (χ4n) is 2.89. The highest BCUT2D eigenvalue weighted by molar-refractivity contribution is 9.10. The van der Waals surface area contributed by atoms with Crippen molar-refractivity contribution in [3.8, 4) is 0 Å². The molecule has 0 atom stereocenters. The predicted molar refractivity (Wildman–Crippen MR) is 99.4 cm³/mol. The highest BCUT2D eigenvalue weighted by Gasteiger charge is 2.19. The molecule has 4 rings (SSSR count). The zero-order chi connectivity index (χ0) is 15.6. The van der Waals surface area contributed by atoms with Crippen LogP contribution in [0.15, 0.2) is 40.2 Å². The third-order valence-corrected chi connectivity index (χ3v) is 5.73. The van der Waals surface area contributed by atoms with Crippen LogP contribution in [0.3, 0.4) is 0 Å². The van der Waals surface area contributed by atoms with Gasteiger partial charge in [-0.25, -0.2) is 9.97 Å². The van der Waals surface area contributed by atoms with Crippen molar-refractivity contribution in [1.82, 2.24) is 9.97 Å². The van der Waals surface area contributed by atoms with E-state index in [1.807, 2.05) is 24.3 Å². The van der Waals surface area contributed by atoms with Gasteiger partial charge in [0.1, 0.15) is 11.2 Å². The molecule has 0 saturated heterocycles. The molecule has 0 bridgehead atoms. The monoisotopic (exact) mass is 386 g/mol. The van der Waals surface area contributed by atoms with Crippen LogP contribution in [0, 0.1) is 0 Å². The maximum atomic E-state index is 4.43. The Kier molecular flexibility index (Phi) is 4.10. The van der Waals surface area contributed by atoms with E-state index >= 15 is 0 Å². The van der Waals surface area contributed by atoms with E-state index in [4.69, 9.17) is 0 Å². The largest absolute Gasteiger partial charge is 0.261 e. The summed E-state index contributed by atoms with van der Waals surface area (Å²) in [5, 5.41) is 5.50. The van der Waals surface area contributed by atoms with Crippen LogP contribution in [0.25, 0.3) is 10.2 Å². The summed E-state index contributed by atoms with van der Waals surface area (Å²) in [5.74, 6) is 0.808. The van der Waals surface area contributed by atoms with Crippen molar-refractivity contribution >= 4 is 49.5 Å². The summed E-state index contributed by atoms with van der Waals surface area (Å²) in [4.78, 5) is 11.4. The number of nitrogens with one attached hydrogen (secondary N) is 1. The van der Waals surface area contributed by atoms with Gasteiger partial charge in [0.25, 0.3) is 0 Å². The van der Waals surface area contributed by atoms with Crippen LogP contribution in [0.2, 0.25) is 0 Å². The molecule has 2 heterocycles. The number of aromatic nitrogens is 2. The first-order valence-corrected chi connectivity index (χ1v) is 9.22. The van der Waals surface area contributed by atoms with Crippen LogP contribution >= 0.6 is 27.3 Å². The van der Waals surface area contributed by atoms with Gasteiger partial charge in [-0.15, -0.1) is 11.3 Å². The van der Waals surface area contributed by atoms with Gasteiger partial charge >= 0.3 is 0 Å². The minimum Gasteiger partial charge on any atom is -0.261 e. The summed E-state index contributed by atoms with van der Waals surface area (Å²) >= 11 is 5.23. The highest BCUT2D eigenvalue weighted by atomic mass is 79.9. The molecule has 0 radical (unpaired) electrons. The summed E-state index contributed by atoms with van der Waals surface area (Å²) < 4.78 is 1.06. The fraction of sp³-hybridized carbons (Fsp3) is 0.235. The number of rotatable bonds is 3. The van der Waals surface area contributed by atoms with Crippen molar-refractivity contribution in [3.05, 3.63) is 51.1 Å². The summed E-state index contributed by atoms with van der Waals surface area (Å²) in [6.45, 7) is 0. The van der Waals surface area contributed by atoms with Crippen molar-refractivity contribution in [2.24, 2.45) is 5.10 Å². The van der Waals surface area contributed by atoms with Crippen LogP contribution in [0.5, 0.6) is 0 Å². The number of halogens is 1. The summed E-state index contributed by atoms with van der Waals surface area (Å²) in [7, 11) is 0. The minimum absolute atomic E-state index is 0.808. The molecule has 1 aliphatic carbocycles. The van der Waals surface area contributed by atoms with Crippen molar-refractivity contribution in [2.45, 2.75) is 25.7 Å². The highest BCUT2D eigenvalue weighted by Crippen LogP contribution is 2.38. The Morgan fingerprint density at radius 3 is 2.83 bits per heavy atom. The van der Waals surface area contributed by atoms with Crippen LogP contribution in [0.4, 0.5) is 5.82 Å². The molecule has 0 amide bonds. The molecule has 0 fully saturated rings. The first kappa shape index (κ1) is 14.8. The maximum Gasteiger partial charge on any atom is 0.158 e. The van der Waals surface area contributed by atoms with Gasteiger partial charge in [-0.2, -0.15) is 5.10 Å². The van der Waals surface area contributed by atoms with Crippen LogP contribution in [0.1, 0.15) is 28.8 Å². The zero-order valence-corrected chi connectivity index (χ0v) is 14.8. The van der Waals surface area contributed by atoms with Gasteiger partial charge in [0.2, 0.25) is 0 Å². The molecular weight excluding hydrogens is 372 g/mol. The maximum absolute atomic E-state index is 4.43. The van der Waals surface area contributed by atoms with Gasteiger partial charge in [0.05, 0.1) is 11.6 Å². The van der Waals surface area contributed by atoms with E-state index in [0.29, 0.717) is 0 Å². The molecule has 1 N–H and O–H groups in total. The van der Waals surface area contributed by atoms with Crippen LogP contribution in [-0.2, 0) is 12.8 Å². The van der Waals surface area contributed by atoms with Crippen molar-refractivity contribution in [1.29, 1.82) is 0 Å². The third kappa shape index (κ3) is 3.01. The Morgan fingerprint density at radius 1 is 1.13 bits per heavy atom. The van der Waals surface area contributed by atoms with Gasteiger partial charge < -0.3 is 0 Å². The lowest BCUT2D eigenvalue weighted by molar-refractivity contribution is 0.700. The quantitative estimate of drug-likeness (QED) is 0.520. The molecule has 1 aromatic carbocycles. The van der Waals surface area contributed by atoms with Gasteiger partial charge in [-0.05, 0) is 48.9 Å². The molecule has 4 nitrogen and oxygen atoms in total. The molecule has 23 heavy (non-hydrogen) atoms. The molecule has 0 saturated carbocycles. The van der Waals surface area contributed by atoms with Crippen molar-refractivity contribution in [2.75, 3.05) is 5.43 Å². The molecule has 2 aromatic heterocycles. The van der Waals surface area contributed by atoms with Crippen molar-refractivity contribution in [3.63, 3.8) is 0 Å². The second-order valence-corrected chi connectivity index (χ2v) is 7.53. The average molecular weight is 387 g/mol. The molecule has 0 unspecified atom stereocenters.